The summed E-state index contributed by atoms with van der Waals surface area (Å²) in [6.07, 6.45) is 1.82. The quantitative estimate of drug-likeness (QED) is 0.597. The van der Waals surface area contributed by atoms with Gasteiger partial charge in [0, 0.05) is 12.8 Å². The van der Waals surface area contributed by atoms with Crippen molar-refractivity contribution < 1.29 is 18.9 Å². The summed E-state index contributed by atoms with van der Waals surface area (Å²) in [6, 6.07) is 14.8. The Labute approximate surface area is 181 Å². The molecule has 1 spiro atoms. The first-order valence-corrected chi connectivity index (χ1v) is 12.0. The molecule has 2 aliphatic rings. The standard InChI is InChI=1S/C25H33O4P/c1-23(2)16-25(28-14-15-29-25)17-24(3,4)30(23)21-13-8-7-10-18(21)22-19(26-5)11-9-12-20(22)27-6/h7-13H,14-17H2,1-6H3. The Hall–Kier alpha value is -1.61. The highest BCUT2D eigenvalue weighted by Crippen LogP contribution is 2.69. The lowest BCUT2D eigenvalue weighted by Crippen LogP contribution is -2.52. The zero-order chi connectivity index (χ0) is 21.6. The molecule has 0 radical (unpaired) electrons. The van der Waals surface area contributed by atoms with Crippen molar-refractivity contribution in [3.05, 3.63) is 42.5 Å². The molecule has 0 bridgehead atoms. The molecule has 2 aromatic rings. The molecule has 0 atom stereocenters. The van der Waals surface area contributed by atoms with Crippen LogP contribution in [0.1, 0.15) is 40.5 Å². The summed E-state index contributed by atoms with van der Waals surface area (Å²) in [5, 5.41) is 1.48. The van der Waals surface area contributed by atoms with E-state index in [4.69, 9.17) is 18.9 Å². The summed E-state index contributed by atoms with van der Waals surface area (Å²) in [5.41, 5.74) is 2.23. The second-order valence-electron chi connectivity index (χ2n) is 9.48. The van der Waals surface area contributed by atoms with Crippen molar-refractivity contribution in [3.63, 3.8) is 0 Å². The lowest BCUT2D eigenvalue weighted by Gasteiger charge is -2.55. The van der Waals surface area contributed by atoms with Gasteiger partial charge in [0.2, 0.25) is 0 Å². The monoisotopic (exact) mass is 428 g/mol. The minimum Gasteiger partial charge on any atom is -0.496 e. The molecule has 30 heavy (non-hydrogen) atoms. The van der Waals surface area contributed by atoms with Gasteiger partial charge in [0.25, 0.3) is 0 Å². The van der Waals surface area contributed by atoms with Crippen molar-refractivity contribution in [1.29, 1.82) is 0 Å². The van der Waals surface area contributed by atoms with E-state index in [1.807, 2.05) is 18.2 Å². The maximum absolute atomic E-state index is 6.17. The molecule has 0 N–H and O–H groups in total. The predicted octanol–water partition coefficient (Wildman–Crippen LogP) is 5.57. The average Bonchev–Trinajstić information content (AvgIpc) is 3.12. The SMILES string of the molecule is COc1cccc(OC)c1-c1ccccc1P1C(C)(C)CC2(CC1(C)C)OCCO2. The Kier molecular flexibility index (Phi) is 5.63. The number of methoxy groups -OCH3 is 2. The molecule has 0 aromatic heterocycles. The third-order valence-corrected chi connectivity index (χ3v) is 9.88. The molecule has 2 fully saturated rings. The van der Waals surface area contributed by atoms with Crippen LogP contribution in [0.2, 0.25) is 0 Å². The maximum atomic E-state index is 6.17. The fourth-order valence-electron chi connectivity index (χ4n) is 5.71. The molecule has 4 nitrogen and oxygen atoms in total. The molecule has 0 unspecified atom stereocenters. The van der Waals surface area contributed by atoms with Crippen LogP contribution in [0.5, 0.6) is 11.5 Å². The van der Waals surface area contributed by atoms with E-state index in [-0.39, 0.29) is 10.3 Å². The zero-order valence-corrected chi connectivity index (χ0v) is 19.8. The third-order valence-electron chi connectivity index (χ3n) is 6.27. The van der Waals surface area contributed by atoms with E-state index in [1.165, 1.54) is 10.9 Å². The normalized spacial score (nSPS) is 22.2. The molecular formula is C25H33O4P. The highest BCUT2D eigenvalue weighted by molar-refractivity contribution is 7.69. The van der Waals surface area contributed by atoms with Gasteiger partial charge >= 0.3 is 0 Å². The van der Waals surface area contributed by atoms with Crippen molar-refractivity contribution in [3.8, 4) is 22.6 Å². The van der Waals surface area contributed by atoms with Crippen LogP contribution in [0.25, 0.3) is 11.1 Å². The first-order chi connectivity index (χ1) is 14.2. The maximum Gasteiger partial charge on any atom is 0.170 e. The second kappa shape index (κ2) is 7.82. The number of benzene rings is 2. The molecule has 4 rings (SSSR count). The van der Waals surface area contributed by atoms with E-state index < -0.39 is 13.7 Å². The summed E-state index contributed by atoms with van der Waals surface area (Å²) in [6.45, 7) is 10.9. The Morgan fingerprint density at radius 2 is 1.30 bits per heavy atom. The van der Waals surface area contributed by atoms with Gasteiger partial charge in [-0.15, -0.1) is 0 Å². The van der Waals surface area contributed by atoms with Crippen LogP contribution >= 0.6 is 7.92 Å². The van der Waals surface area contributed by atoms with Gasteiger partial charge in [-0.05, 0) is 33.3 Å². The minimum atomic E-state index is -0.546. The molecule has 2 aromatic carbocycles. The van der Waals surface area contributed by atoms with Gasteiger partial charge in [-0.1, -0.05) is 65.9 Å². The highest BCUT2D eigenvalue weighted by atomic mass is 31.1. The first kappa shape index (κ1) is 21.6. The molecular weight excluding hydrogens is 395 g/mol. The van der Waals surface area contributed by atoms with Crippen molar-refractivity contribution >= 4 is 13.2 Å². The topological polar surface area (TPSA) is 36.9 Å². The predicted molar refractivity (Wildman–Crippen MR) is 124 cm³/mol. The zero-order valence-electron chi connectivity index (χ0n) is 19.0. The van der Waals surface area contributed by atoms with Crippen LogP contribution in [0.3, 0.4) is 0 Å². The fraction of sp³-hybridized carbons (Fsp3) is 0.520. The van der Waals surface area contributed by atoms with E-state index in [0.29, 0.717) is 13.2 Å². The highest BCUT2D eigenvalue weighted by Gasteiger charge is 2.57. The molecule has 0 saturated carbocycles. The van der Waals surface area contributed by atoms with Crippen LogP contribution in [-0.2, 0) is 9.47 Å². The van der Waals surface area contributed by atoms with Crippen LogP contribution in [0.4, 0.5) is 0 Å². The summed E-state index contributed by atoms with van der Waals surface area (Å²) in [7, 11) is 2.90. The molecule has 2 saturated heterocycles. The Bertz CT molecular complexity index is 873. The van der Waals surface area contributed by atoms with Crippen LogP contribution in [-0.4, -0.2) is 43.5 Å². The summed E-state index contributed by atoms with van der Waals surface area (Å²) >= 11 is 0. The van der Waals surface area contributed by atoms with E-state index in [1.54, 1.807) is 14.2 Å². The van der Waals surface area contributed by atoms with Gasteiger partial charge in [0.1, 0.15) is 11.5 Å². The van der Waals surface area contributed by atoms with Crippen molar-refractivity contribution in [2.24, 2.45) is 0 Å². The molecule has 162 valence electrons. The second-order valence-corrected chi connectivity index (χ2v) is 13.1. The van der Waals surface area contributed by atoms with Crippen molar-refractivity contribution in [1.82, 2.24) is 0 Å². The van der Waals surface area contributed by atoms with E-state index in [0.717, 1.165) is 29.9 Å². The Balaban J connectivity index is 1.87. The van der Waals surface area contributed by atoms with Gasteiger partial charge in [0.05, 0.1) is 33.0 Å². The Morgan fingerprint density at radius 1 is 0.767 bits per heavy atom. The lowest BCUT2D eigenvalue weighted by molar-refractivity contribution is -0.178. The average molecular weight is 429 g/mol. The molecule has 0 amide bonds. The molecule has 0 aliphatic carbocycles. The number of ether oxygens (including phenoxy) is 4. The van der Waals surface area contributed by atoms with Crippen molar-refractivity contribution in [2.75, 3.05) is 27.4 Å². The summed E-state index contributed by atoms with van der Waals surface area (Å²) in [5.74, 6) is 1.23. The first-order valence-electron chi connectivity index (χ1n) is 10.6. The summed E-state index contributed by atoms with van der Waals surface area (Å²) < 4.78 is 23.8. The fourth-order valence-corrected chi connectivity index (χ4v) is 10.1. The van der Waals surface area contributed by atoms with Crippen LogP contribution in [0.15, 0.2) is 42.5 Å². The largest absolute Gasteiger partial charge is 0.496 e. The lowest BCUT2D eigenvalue weighted by atomic mass is 9.91. The smallest absolute Gasteiger partial charge is 0.170 e. The van der Waals surface area contributed by atoms with Gasteiger partial charge in [-0.3, -0.25) is 0 Å². The molecule has 5 heteroatoms. The van der Waals surface area contributed by atoms with Crippen LogP contribution < -0.4 is 14.8 Å². The van der Waals surface area contributed by atoms with E-state index >= 15 is 0 Å². The third kappa shape index (κ3) is 3.64. The molecule has 2 aliphatic heterocycles. The van der Waals surface area contributed by atoms with Crippen LogP contribution in [0, 0.1) is 0 Å². The summed E-state index contributed by atoms with van der Waals surface area (Å²) in [4.78, 5) is 0. The van der Waals surface area contributed by atoms with Crippen molar-refractivity contribution in [2.45, 2.75) is 56.6 Å². The molecule has 2 heterocycles. The number of rotatable bonds is 4. The Morgan fingerprint density at radius 3 is 1.83 bits per heavy atom. The minimum absolute atomic E-state index is 0.0484. The van der Waals surface area contributed by atoms with E-state index in [9.17, 15) is 0 Å². The van der Waals surface area contributed by atoms with Gasteiger partial charge in [-0.25, -0.2) is 0 Å². The van der Waals surface area contributed by atoms with Gasteiger partial charge < -0.3 is 18.9 Å². The number of hydrogen-bond acceptors (Lipinski definition) is 4. The van der Waals surface area contributed by atoms with Gasteiger partial charge in [-0.2, -0.15) is 0 Å². The van der Waals surface area contributed by atoms with Gasteiger partial charge in [0.15, 0.2) is 5.79 Å². The van der Waals surface area contributed by atoms with E-state index in [2.05, 4.69) is 52.0 Å². The number of hydrogen-bond donors (Lipinski definition) is 0.